The maximum atomic E-state index is 14.3. The van der Waals surface area contributed by atoms with Crippen molar-refractivity contribution in [3.05, 3.63) is 64.5 Å². The highest BCUT2D eigenvalue weighted by Crippen LogP contribution is 2.27. The summed E-state index contributed by atoms with van der Waals surface area (Å²) in [6.07, 6.45) is 0.462. The van der Waals surface area contributed by atoms with Crippen LogP contribution < -0.4 is 16.0 Å². The summed E-state index contributed by atoms with van der Waals surface area (Å²) in [6, 6.07) is 11.1. The molecule has 0 saturated heterocycles. The molecular formula is C17H21FN2O. The highest BCUT2D eigenvalue weighted by atomic mass is 19.1. The second kappa shape index (κ2) is 6.70. The van der Waals surface area contributed by atoms with E-state index in [4.69, 9.17) is 10.6 Å². The summed E-state index contributed by atoms with van der Waals surface area (Å²) in [5, 5.41) is 0. The smallest absolute Gasteiger partial charge is 0.168 e. The Kier molecular flexibility index (Phi) is 4.94. The molecule has 0 aliphatic rings. The largest absolute Gasteiger partial charge is 0.494 e. The highest BCUT2D eigenvalue weighted by molar-refractivity contribution is 5.37. The Hall–Kier alpha value is -1.91. The fraction of sp³-hybridized carbons (Fsp3) is 0.294. The summed E-state index contributed by atoms with van der Waals surface area (Å²) in [6.45, 7) is 4.11. The SMILES string of the molecule is COc1cccc(CC(NN)c2cccc(C)c2C)c1F. The molecule has 0 spiro atoms. The number of benzene rings is 2. The lowest BCUT2D eigenvalue weighted by Crippen LogP contribution is -2.30. The number of nitrogens with two attached hydrogens (primary N) is 1. The van der Waals surface area contributed by atoms with Crippen molar-refractivity contribution in [1.29, 1.82) is 0 Å². The third-order valence-corrected chi connectivity index (χ3v) is 3.91. The van der Waals surface area contributed by atoms with Gasteiger partial charge in [-0.25, -0.2) is 4.39 Å². The van der Waals surface area contributed by atoms with E-state index in [0.29, 0.717) is 12.0 Å². The third-order valence-electron chi connectivity index (χ3n) is 3.91. The van der Waals surface area contributed by atoms with Crippen molar-refractivity contribution >= 4 is 0 Å². The number of aryl methyl sites for hydroxylation is 1. The summed E-state index contributed by atoms with van der Waals surface area (Å²) < 4.78 is 19.3. The molecular weight excluding hydrogens is 267 g/mol. The molecule has 3 N–H and O–H groups in total. The standard InChI is InChI=1S/C17H21FN2O/c1-11-6-4-8-14(12(11)2)15(20-19)10-13-7-5-9-16(21-3)17(13)18/h4-9,15,20H,10,19H2,1-3H3. The van der Waals surface area contributed by atoms with Crippen LogP contribution in [0.15, 0.2) is 36.4 Å². The monoisotopic (exact) mass is 288 g/mol. The number of hydrazine groups is 1. The van der Waals surface area contributed by atoms with Gasteiger partial charge in [0.1, 0.15) is 0 Å². The van der Waals surface area contributed by atoms with E-state index in [0.717, 1.165) is 5.56 Å². The van der Waals surface area contributed by atoms with Crippen LogP contribution in [0.4, 0.5) is 4.39 Å². The molecule has 0 radical (unpaired) electrons. The van der Waals surface area contributed by atoms with Crippen LogP contribution in [-0.4, -0.2) is 7.11 Å². The summed E-state index contributed by atoms with van der Waals surface area (Å²) in [4.78, 5) is 0. The molecule has 0 aromatic heterocycles. The first-order valence-electron chi connectivity index (χ1n) is 6.92. The van der Waals surface area contributed by atoms with Gasteiger partial charge in [0.2, 0.25) is 0 Å². The molecule has 2 aromatic carbocycles. The van der Waals surface area contributed by atoms with Gasteiger partial charge in [-0.1, -0.05) is 30.3 Å². The summed E-state index contributed by atoms with van der Waals surface area (Å²) in [5.74, 6) is 5.61. The van der Waals surface area contributed by atoms with E-state index in [1.54, 1.807) is 18.2 Å². The van der Waals surface area contributed by atoms with Crippen LogP contribution in [0.3, 0.4) is 0 Å². The molecule has 21 heavy (non-hydrogen) atoms. The van der Waals surface area contributed by atoms with Crippen molar-refractivity contribution in [1.82, 2.24) is 5.43 Å². The second-order valence-corrected chi connectivity index (χ2v) is 5.15. The molecule has 2 aromatic rings. The van der Waals surface area contributed by atoms with E-state index < -0.39 is 0 Å². The Morgan fingerprint density at radius 1 is 1.19 bits per heavy atom. The number of halogens is 1. The van der Waals surface area contributed by atoms with Crippen LogP contribution in [0.25, 0.3) is 0 Å². The summed E-state index contributed by atoms with van der Waals surface area (Å²) >= 11 is 0. The van der Waals surface area contributed by atoms with Gasteiger partial charge in [0.15, 0.2) is 11.6 Å². The van der Waals surface area contributed by atoms with Crippen molar-refractivity contribution in [2.75, 3.05) is 7.11 Å². The van der Waals surface area contributed by atoms with Gasteiger partial charge in [-0.2, -0.15) is 0 Å². The van der Waals surface area contributed by atoms with Gasteiger partial charge in [-0.3, -0.25) is 11.3 Å². The van der Waals surface area contributed by atoms with Crippen molar-refractivity contribution in [2.24, 2.45) is 5.84 Å². The zero-order valence-corrected chi connectivity index (χ0v) is 12.6. The fourth-order valence-corrected chi connectivity index (χ4v) is 2.50. The Bertz CT molecular complexity index is 628. The van der Waals surface area contributed by atoms with Gasteiger partial charge in [0.05, 0.1) is 13.2 Å². The predicted molar refractivity (Wildman–Crippen MR) is 82.6 cm³/mol. The molecule has 4 heteroatoms. The minimum atomic E-state index is -0.328. The first kappa shape index (κ1) is 15.5. The van der Waals surface area contributed by atoms with Gasteiger partial charge < -0.3 is 4.74 Å². The fourth-order valence-electron chi connectivity index (χ4n) is 2.50. The maximum absolute atomic E-state index is 14.3. The van der Waals surface area contributed by atoms with Crippen molar-refractivity contribution in [3.63, 3.8) is 0 Å². The Labute approximate surface area is 124 Å². The maximum Gasteiger partial charge on any atom is 0.168 e. The van der Waals surface area contributed by atoms with Crippen molar-refractivity contribution < 1.29 is 9.13 Å². The zero-order chi connectivity index (χ0) is 15.4. The topological polar surface area (TPSA) is 47.3 Å². The molecule has 0 bridgehead atoms. The predicted octanol–water partition coefficient (Wildman–Crippen LogP) is 3.20. The van der Waals surface area contributed by atoms with Gasteiger partial charge in [-0.05, 0) is 48.6 Å². The zero-order valence-electron chi connectivity index (χ0n) is 12.6. The van der Waals surface area contributed by atoms with Crippen LogP contribution >= 0.6 is 0 Å². The van der Waals surface area contributed by atoms with Crippen molar-refractivity contribution in [2.45, 2.75) is 26.3 Å². The first-order valence-corrected chi connectivity index (χ1v) is 6.92. The summed E-state index contributed by atoms with van der Waals surface area (Å²) in [7, 11) is 1.46. The molecule has 0 aliphatic carbocycles. The van der Waals surface area contributed by atoms with Crippen LogP contribution in [0.2, 0.25) is 0 Å². The van der Waals surface area contributed by atoms with Gasteiger partial charge in [0, 0.05) is 0 Å². The molecule has 3 nitrogen and oxygen atoms in total. The number of hydrogen-bond acceptors (Lipinski definition) is 3. The van der Waals surface area contributed by atoms with Gasteiger partial charge in [-0.15, -0.1) is 0 Å². The van der Waals surface area contributed by atoms with Gasteiger partial charge in [0.25, 0.3) is 0 Å². The van der Waals surface area contributed by atoms with E-state index in [9.17, 15) is 4.39 Å². The lowest BCUT2D eigenvalue weighted by Gasteiger charge is -2.20. The molecule has 2 rings (SSSR count). The number of hydrogen-bond donors (Lipinski definition) is 2. The lowest BCUT2D eigenvalue weighted by molar-refractivity contribution is 0.382. The number of nitrogens with one attached hydrogen (secondary N) is 1. The molecule has 0 saturated carbocycles. The van der Waals surface area contributed by atoms with E-state index >= 15 is 0 Å². The average Bonchev–Trinajstić information content (AvgIpc) is 2.49. The molecule has 112 valence electrons. The highest BCUT2D eigenvalue weighted by Gasteiger charge is 2.17. The van der Waals surface area contributed by atoms with Crippen LogP contribution in [-0.2, 0) is 6.42 Å². The Balaban J connectivity index is 2.34. The average molecular weight is 288 g/mol. The first-order chi connectivity index (χ1) is 10.1. The third kappa shape index (κ3) is 3.23. The molecule has 0 fully saturated rings. The van der Waals surface area contributed by atoms with E-state index in [-0.39, 0.29) is 17.6 Å². The quantitative estimate of drug-likeness (QED) is 0.656. The minimum absolute atomic E-state index is 0.147. The lowest BCUT2D eigenvalue weighted by atomic mass is 9.93. The van der Waals surface area contributed by atoms with E-state index in [1.807, 2.05) is 12.1 Å². The molecule has 0 aliphatic heterocycles. The van der Waals surface area contributed by atoms with Crippen LogP contribution in [0.1, 0.15) is 28.3 Å². The van der Waals surface area contributed by atoms with Crippen molar-refractivity contribution in [3.8, 4) is 5.75 Å². The summed E-state index contributed by atoms with van der Waals surface area (Å²) in [5.41, 5.74) is 6.82. The van der Waals surface area contributed by atoms with E-state index in [1.165, 1.54) is 18.2 Å². The van der Waals surface area contributed by atoms with Gasteiger partial charge >= 0.3 is 0 Å². The normalized spacial score (nSPS) is 12.2. The Morgan fingerprint density at radius 2 is 1.90 bits per heavy atom. The van der Waals surface area contributed by atoms with Crippen LogP contribution in [0, 0.1) is 19.7 Å². The molecule has 1 atom stereocenters. The molecule has 1 unspecified atom stereocenters. The number of ether oxygens (including phenoxy) is 1. The minimum Gasteiger partial charge on any atom is -0.494 e. The number of methoxy groups -OCH3 is 1. The second-order valence-electron chi connectivity index (χ2n) is 5.15. The molecule has 0 amide bonds. The van der Waals surface area contributed by atoms with E-state index in [2.05, 4.69) is 25.3 Å². The molecule has 0 heterocycles. The van der Waals surface area contributed by atoms with Crippen LogP contribution in [0.5, 0.6) is 5.75 Å². The number of rotatable bonds is 5. The Morgan fingerprint density at radius 3 is 2.57 bits per heavy atom.